The highest BCUT2D eigenvalue weighted by molar-refractivity contribution is 5.88. The van der Waals surface area contributed by atoms with E-state index in [-0.39, 0.29) is 5.97 Å². The lowest BCUT2D eigenvalue weighted by Crippen LogP contribution is -2.33. The van der Waals surface area contributed by atoms with E-state index < -0.39 is 5.60 Å². The van der Waals surface area contributed by atoms with E-state index in [1.807, 2.05) is 55.5 Å². The second-order valence-corrected chi connectivity index (χ2v) is 5.02. The summed E-state index contributed by atoms with van der Waals surface area (Å²) in [7, 11) is 2.00. The Morgan fingerprint density at radius 1 is 0.833 bits per heavy atom. The summed E-state index contributed by atoms with van der Waals surface area (Å²) in [5.41, 5.74) is 1.78. The molecule has 2 aliphatic rings. The third kappa shape index (κ3) is 2.58. The Hall–Kier alpha value is -2.63. The van der Waals surface area contributed by atoms with Gasteiger partial charge in [0.05, 0.1) is 0 Å². The van der Waals surface area contributed by atoms with Crippen molar-refractivity contribution in [3.63, 3.8) is 0 Å². The zero-order chi connectivity index (χ0) is 17.7. The summed E-state index contributed by atoms with van der Waals surface area (Å²) < 4.78 is 11.7. The van der Waals surface area contributed by atoms with Gasteiger partial charge in [0.2, 0.25) is 0 Å². The van der Waals surface area contributed by atoms with Crippen molar-refractivity contribution in [1.82, 2.24) is 0 Å². The number of ether oxygens (including phenoxy) is 2. The highest BCUT2D eigenvalue weighted by Crippen LogP contribution is 2.54. The fourth-order valence-electron chi connectivity index (χ4n) is 3.03. The van der Waals surface area contributed by atoms with Gasteiger partial charge in [-0.1, -0.05) is 36.4 Å². The molecule has 24 heavy (non-hydrogen) atoms. The molecule has 0 aliphatic carbocycles. The van der Waals surface area contributed by atoms with Crippen LogP contribution in [0, 0.1) is 0 Å². The highest BCUT2D eigenvalue weighted by Gasteiger charge is 2.50. The molecule has 0 unspecified atom stereocenters. The third-order valence-electron chi connectivity index (χ3n) is 3.90. The molecule has 2 N–H and O–H groups in total. The Kier molecular flexibility index (Phi) is 5.39. The number of carbonyl (C=O) groups excluding carboxylic acids is 1. The Morgan fingerprint density at radius 3 is 1.71 bits per heavy atom. The van der Waals surface area contributed by atoms with Gasteiger partial charge in [-0.05, 0) is 24.6 Å². The van der Waals surface area contributed by atoms with Crippen LogP contribution in [0.15, 0.2) is 60.2 Å². The molecule has 0 saturated carbocycles. The first-order valence-corrected chi connectivity index (χ1v) is 7.40. The molecule has 2 aromatic carbocycles. The van der Waals surface area contributed by atoms with Crippen molar-refractivity contribution in [1.29, 1.82) is 0 Å². The second-order valence-electron chi connectivity index (χ2n) is 5.02. The van der Waals surface area contributed by atoms with Gasteiger partial charge >= 0.3 is 5.97 Å². The van der Waals surface area contributed by atoms with Crippen molar-refractivity contribution in [3.05, 3.63) is 71.3 Å². The average Bonchev–Trinajstić information content (AvgIpc) is 2.94. The van der Waals surface area contributed by atoms with Gasteiger partial charge in [-0.2, -0.15) is 0 Å². The highest BCUT2D eigenvalue weighted by atomic mass is 16.6. The van der Waals surface area contributed by atoms with Crippen LogP contribution in [0.4, 0.5) is 0 Å². The number of para-hydroxylation sites is 2. The summed E-state index contributed by atoms with van der Waals surface area (Å²) in [6, 6.07) is 15.4. The minimum absolute atomic E-state index is 0.311. The molecule has 0 atom stereocenters. The molecule has 5 nitrogen and oxygen atoms in total. The predicted octanol–water partition coefficient (Wildman–Crippen LogP) is 2.76. The monoisotopic (exact) mass is 328 g/mol. The Labute approximate surface area is 140 Å². The first-order chi connectivity index (χ1) is 11.7. The van der Waals surface area contributed by atoms with E-state index in [2.05, 4.69) is 0 Å². The molecule has 0 bridgehead atoms. The minimum atomic E-state index is -0.845. The van der Waals surface area contributed by atoms with E-state index >= 15 is 0 Å². The van der Waals surface area contributed by atoms with Gasteiger partial charge < -0.3 is 19.7 Å². The minimum Gasteiger partial charge on any atom is -0.456 e. The van der Waals surface area contributed by atoms with Gasteiger partial charge in [0.15, 0.2) is 5.60 Å². The Bertz CT molecular complexity index is 718. The first-order valence-electron chi connectivity index (χ1n) is 7.40. The Morgan fingerprint density at radius 2 is 1.29 bits per heavy atom. The third-order valence-corrected chi connectivity index (χ3v) is 3.90. The van der Waals surface area contributed by atoms with Gasteiger partial charge in [-0.15, -0.1) is 0 Å². The van der Waals surface area contributed by atoms with Gasteiger partial charge in [-0.3, -0.25) is 0 Å². The molecule has 0 aromatic heterocycles. The lowest BCUT2D eigenvalue weighted by Gasteiger charge is -2.37. The standard InChI is InChI=1S/C17H12O3.2CH4O/c1-11-10-16(18)20-17(11)12-6-2-4-8-14(12)19-15-9-5-3-7-13(15)17;2*1-2/h2-10H,1H3;2*2H,1H3. The summed E-state index contributed by atoms with van der Waals surface area (Å²) >= 11 is 0. The number of hydrogen-bond donors (Lipinski definition) is 2. The van der Waals surface area contributed by atoms with E-state index in [4.69, 9.17) is 19.7 Å². The summed E-state index contributed by atoms with van der Waals surface area (Å²) in [5.74, 6) is 1.15. The van der Waals surface area contributed by atoms with Gasteiger partial charge in [-0.25, -0.2) is 4.79 Å². The van der Waals surface area contributed by atoms with E-state index in [0.29, 0.717) is 0 Å². The average molecular weight is 328 g/mol. The molecule has 1 spiro atoms. The topological polar surface area (TPSA) is 76.0 Å². The molecular formula is C19H20O5. The number of carbonyl (C=O) groups is 1. The van der Waals surface area contributed by atoms with E-state index in [1.165, 1.54) is 0 Å². The van der Waals surface area contributed by atoms with Crippen LogP contribution in [-0.4, -0.2) is 30.4 Å². The van der Waals surface area contributed by atoms with Crippen LogP contribution in [0.25, 0.3) is 0 Å². The summed E-state index contributed by atoms with van der Waals surface area (Å²) in [4.78, 5) is 11.8. The van der Waals surface area contributed by atoms with E-state index in [0.717, 1.165) is 42.4 Å². The van der Waals surface area contributed by atoms with Crippen molar-refractivity contribution in [2.24, 2.45) is 0 Å². The van der Waals surface area contributed by atoms with Crippen molar-refractivity contribution >= 4 is 5.97 Å². The molecule has 5 heteroatoms. The van der Waals surface area contributed by atoms with Crippen LogP contribution in [0.3, 0.4) is 0 Å². The molecule has 0 saturated heterocycles. The number of aliphatic hydroxyl groups is 2. The van der Waals surface area contributed by atoms with E-state index in [1.54, 1.807) is 6.08 Å². The smallest absolute Gasteiger partial charge is 0.332 e. The number of hydrogen-bond acceptors (Lipinski definition) is 5. The molecule has 2 heterocycles. The number of rotatable bonds is 0. The van der Waals surface area contributed by atoms with Crippen LogP contribution in [0.2, 0.25) is 0 Å². The molecule has 2 aromatic rings. The quantitative estimate of drug-likeness (QED) is 0.727. The van der Waals surface area contributed by atoms with Gasteiger partial charge in [0, 0.05) is 31.4 Å². The summed E-state index contributed by atoms with van der Waals surface area (Å²) in [6.07, 6.45) is 1.55. The Balaban J connectivity index is 0.000000487. The maximum Gasteiger partial charge on any atom is 0.332 e. The molecule has 2 aliphatic heterocycles. The molecular weight excluding hydrogens is 308 g/mol. The normalized spacial score (nSPS) is 15.4. The fourth-order valence-corrected chi connectivity index (χ4v) is 3.03. The zero-order valence-electron chi connectivity index (χ0n) is 13.8. The van der Waals surface area contributed by atoms with Crippen LogP contribution in [0.1, 0.15) is 18.1 Å². The van der Waals surface area contributed by atoms with Crippen LogP contribution in [-0.2, 0) is 15.1 Å². The van der Waals surface area contributed by atoms with Crippen molar-refractivity contribution in [3.8, 4) is 11.5 Å². The number of esters is 1. The van der Waals surface area contributed by atoms with Crippen LogP contribution in [0.5, 0.6) is 11.5 Å². The largest absolute Gasteiger partial charge is 0.456 e. The maximum atomic E-state index is 11.8. The molecule has 0 fully saturated rings. The number of benzene rings is 2. The fraction of sp³-hybridized carbons (Fsp3) is 0.211. The number of aliphatic hydroxyl groups excluding tert-OH is 2. The van der Waals surface area contributed by atoms with Crippen LogP contribution < -0.4 is 4.74 Å². The van der Waals surface area contributed by atoms with Crippen molar-refractivity contribution in [2.45, 2.75) is 12.5 Å². The first kappa shape index (κ1) is 17.7. The van der Waals surface area contributed by atoms with Crippen molar-refractivity contribution < 1.29 is 24.5 Å². The van der Waals surface area contributed by atoms with Gasteiger partial charge in [0.1, 0.15) is 11.5 Å². The SMILES string of the molecule is CC1=CC(=O)OC12c1ccccc1Oc1ccccc12.CO.CO. The van der Waals surface area contributed by atoms with Crippen molar-refractivity contribution in [2.75, 3.05) is 14.2 Å². The molecule has 4 rings (SSSR count). The van der Waals surface area contributed by atoms with Gasteiger partial charge in [0.25, 0.3) is 0 Å². The summed E-state index contributed by atoms with van der Waals surface area (Å²) in [6.45, 7) is 1.92. The second kappa shape index (κ2) is 7.29. The lowest BCUT2D eigenvalue weighted by molar-refractivity contribution is -0.144. The summed E-state index contributed by atoms with van der Waals surface area (Å²) in [5, 5.41) is 14.0. The molecule has 126 valence electrons. The molecule has 0 amide bonds. The number of fused-ring (bicyclic) bond motifs is 4. The lowest BCUT2D eigenvalue weighted by atomic mass is 9.79. The maximum absolute atomic E-state index is 11.8. The predicted molar refractivity (Wildman–Crippen MR) is 89.9 cm³/mol. The van der Waals surface area contributed by atoms with Crippen LogP contribution >= 0.6 is 0 Å². The van der Waals surface area contributed by atoms with E-state index in [9.17, 15) is 4.79 Å². The zero-order valence-corrected chi connectivity index (χ0v) is 13.8. The molecule has 0 radical (unpaired) electrons.